The Balaban J connectivity index is 1.60. The van der Waals surface area contributed by atoms with Crippen molar-refractivity contribution in [2.75, 3.05) is 18.4 Å². The molecular formula is C18H19ClN2O4S. The maximum Gasteiger partial charge on any atom is 0.243 e. The Morgan fingerprint density at radius 2 is 1.62 bits per heavy atom. The molecule has 0 radical (unpaired) electrons. The largest absolute Gasteiger partial charge is 0.508 e. The van der Waals surface area contributed by atoms with Crippen LogP contribution in [0.3, 0.4) is 0 Å². The number of carbonyl (C=O) groups excluding carboxylic acids is 1. The zero-order valence-corrected chi connectivity index (χ0v) is 15.5. The van der Waals surface area contributed by atoms with E-state index < -0.39 is 10.0 Å². The average Bonchev–Trinajstić information content (AvgIpc) is 2.64. The lowest BCUT2D eigenvalue weighted by Crippen LogP contribution is -2.41. The molecule has 0 aliphatic carbocycles. The predicted octanol–water partition coefficient (Wildman–Crippen LogP) is 3.09. The SMILES string of the molecule is O=C(Nc1ccc(O)cc1)C1CCN(S(=O)(=O)c2ccc(Cl)cc2)CC1. The molecule has 1 heterocycles. The summed E-state index contributed by atoms with van der Waals surface area (Å²) < 4.78 is 26.7. The molecule has 2 aromatic rings. The molecule has 2 N–H and O–H groups in total. The molecule has 0 atom stereocenters. The van der Waals surface area contributed by atoms with Gasteiger partial charge in [-0.05, 0) is 61.4 Å². The molecule has 0 aromatic heterocycles. The number of phenols is 1. The lowest BCUT2D eigenvalue weighted by molar-refractivity contribution is -0.120. The molecule has 138 valence electrons. The van der Waals surface area contributed by atoms with Crippen LogP contribution in [0.5, 0.6) is 5.75 Å². The van der Waals surface area contributed by atoms with Gasteiger partial charge in [-0.15, -0.1) is 0 Å². The van der Waals surface area contributed by atoms with Gasteiger partial charge in [0, 0.05) is 29.7 Å². The van der Waals surface area contributed by atoms with Crippen LogP contribution < -0.4 is 5.32 Å². The van der Waals surface area contributed by atoms with Crippen LogP contribution in [0.2, 0.25) is 5.02 Å². The van der Waals surface area contributed by atoms with Gasteiger partial charge in [0.2, 0.25) is 15.9 Å². The van der Waals surface area contributed by atoms with E-state index in [1.807, 2.05) is 0 Å². The Morgan fingerprint density at radius 1 is 1.04 bits per heavy atom. The quantitative estimate of drug-likeness (QED) is 0.780. The second-order valence-corrected chi connectivity index (χ2v) is 8.54. The van der Waals surface area contributed by atoms with Crippen molar-refractivity contribution in [3.05, 3.63) is 53.6 Å². The Hall–Kier alpha value is -2.09. The normalized spacial score (nSPS) is 16.3. The van der Waals surface area contributed by atoms with Crippen LogP contribution in [0.4, 0.5) is 5.69 Å². The molecule has 8 heteroatoms. The Bertz CT molecular complexity index is 874. The monoisotopic (exact) mass is 394 g/mol. The van der Waals surface area contributed by atoms with E-state index in [4.69, 9.17) is 11.6 Å². The highest BCUT2D eigenvalue weighted by atomic mass is 35.5. The van der Waals surface area contributed by atoms with Gasteiger partial charge in [0.25, 0.3) is 0 Å². The van der Waals surface area contributed by atoms with Crippen LogP contribution >= 0.6 is 11.6 Å². The summed E-state index contributed by atoms with van der Waals surface area (Å²) in [6, 6.07) is 12.3. The van der Waals surface area contributed by atoms with Gasteiger partial charge in [0.05, 0.1) is 4.90 Å². The molecule has 1 amide bonds. The molecule has 0 spiro atoms. The van der Waals surface area contributed by atoms with Gasteiger partial charge >= 0.3 is 0 Å². The summed E-state index contributed by atoms with van der Waals surface area (Å²) in [4.78, 5) is 12.6. The fourth-order valence-electron chi connectivity index (χ4n) is 2.90. The summed E-state index contributed by atoms with van der Waals surface area (Å²) in [6.45, 7) is 0.581. The van der Waals surface area contributed by atoms with Gasteiger partial charge in [0.1, 0.15) is 5.75 Å². The van der Waals surface area contributed by atoms with E-state index in [2.05, 4.69) is 5.32 Å². The second-order valence-electron chi connectivity index (χ2n) is 6.17. The van der Waals surface area contributed by atoms with Crippen molar-refractivity contribution in [3.8, 4) is 5.75 Å². The molecule has 0 unspecified atom stereocenters. The molecule has 3 rings (SSSR count). The van der Waals surface area contributed by atoms with Crippen LogP contribution in [-0.2, 0) is 14.8 Å². The van der Waals surface area contributed by atoms with Gasteiger partial charge in [-0.2, -0.15) is 4.31 Å². The van der Waals surface area contributed by atoms with E-state index in [1.165, 1.54) is 28.6 Å². The number of aromatic hydroxyl groups is 1. The number of piperidine rings is 1. The van der Waals surface area contributed by atoms with Crippen molar-refractivity contribution >= 4 is 33.2 Å². The first kappa shape index (κ1) is 18.7. The third-order valence-corrected chi connectivity index (χ3v) is 6.58. The molecule has 6 nitrogen and oxygen atoms in total. The van der Waals surface area contributed by atoms with Crippen molar-refractivity contribution in [1.29, 1.82) is 0 Å². The van der Waals surface area contributed by atoms with E-state index in [0.717, 1.165) is 0 Å². The number of nitrogens with one attached hydrogen (secondary N) is 1. The summed E-state index contributed by atoms with van der Waals surface area (Å²) in [5.41, 5.74) is 0.601. The Morgan fingerprint density at radius 3 is 2.19 bits per heavy atom. The number of sulfonamides is 1. The van der Waals surface area contributed by atoms with Crippen molar-refractivity contribution in [3.63, 3.8) is 0 Å². The van der Waals surface area contributed by atoms with Gasteiger partial charge in [-0.1, -0.05) is 11.6 Å². The molecule has 0 saturated carbocycles. The third kappa shape index (κ3) is 4.17. The van der Waals surface area contributed by atoms with Gasteiger partial charge < -0.3 is 10.4 Å². The van der Waals surface area contributed by atoms with E-state index in [9.17, 15) is 18.3 Å². The maximum atomic E-state index is 12.7. The standard InChI is InChI=1S/C18H19ClN2O4S/c19-14-1-7-17(8-2-14)26(24,25)21-11-9-13(10-12-21)18(23)20-15-3-5-16(22)6-4-15/h1-8,13,22H,9-12H2,(H,20,23). The van der Waals surface area contributed by atoms with Crippen molar-refractivity contribution in [2.45, 2.75) is 17.7 Å². The van der Waals surface area contributed by atoms with Crippen LogP contribution in [0.1, 0.15) is 12.8 Å². The average molecular weight is 395 g/mol. The molecule has 1 aliphatic heterocycles. The predicted molar refractivity (Wildman–Crippen MR) is 99.7 cm³/mol. The number of rotatable bonds is 4. The number of halogens is 1. The van der Waals surface area contributed by atoms with E-state index >= 15 is 0 Å². The number of anilines is 1. The Labute approximate surface area is 157 Å². The number of amides is 1. The number of hydrogen-bond donors (Lipinski definition) is 2. The molecule has 1 fully saturated rings. The fourth-order valence-corrected chi connectivity index (χ4v) is 4.50. The topological polar surface area (TPSA) is 86.7 Å². The van der Waals surface area contributed by atoms with Crippen molar-refractivity contribution in [1.82, 2.24) is 4.31 Å². The third-order valence-electron chi connectivity index (χ3n) is 4.41. The lowest BCUT2D eigenvalue weighted by atomic mass is 9.97. The van der Waals surface area contributed by atoms with Crippen LogP contribution in [0.15, 0.2) is 53.4 Å². The van der Waals surface area contributed by atoms with Crippen molar-refractivity contribution in [2.24, 2.45) is 5.92 Å². The molecule has 0 bridgehead atoms. The number of hydrogen-bond acceptors (Lipinski definition) is 4. The number of phenolic OH excluding ortho intramolecular Hbond substituents is 1. The first-order chi connectivity index (χ1) is 12.4. The minimum atomic E-state index is -3.58. The van der Waals surface area contributed by atoms with Gasteiger partial charge in [0.15, 0.2) is 0 Å². The second kappa shape index (κ2) is 7.65. The first-order valence-corrected chi connectivity index (χ1v) is 10.0. The summed E-state index contributed by atoms with van der Waals surface area (Å²) in [7, 11) is -3.58. The van der Waals surface area contributed by atoms with E-state index in [-0.39, 0.29) is 22.5 Å². The van der Waals surface area contributed by atoms with Crippen molar-refractivity contribution < 1.29 is 18.3 Å². The highest BCUT2D eigenvalue weighted by Crippen LogP contribution is 2.26. The lowest BCUT2D eigenvalue weighted by Gasteiger charge is -2.30. The van der Waals surface area contributed by atoms with E-state index in [1.54, 1.807) is 24.3 Å². The minimum Gasteiger partial charge on any atom is -0.508 e. The number of nitrogens with zero attached hydrogens (tertiary/aromatic N) is 1. The van der Waals surface area contributed by atoms with Crippen LogP contribution in [-0.4, -0.2) is 36.8 Å². The highest BCUT2D eigenvalue weighted by molar-refractivity contribution is 7.89. The molecule has 1 aliphatic rings. The highest BCUT2D eigenvalue weighted by Gasteiger charge is 2.32. The summed E-state index contributed by atoms with van der Waals surface area (Å²) in [5.74, 6) is -0.261. The molecular weight excluding hydrogens is 376 g/mol. The minimum absolute atomic E-state index is 0.128. The summed E-state index contributed by atoms with van der Waals surface area (Å²) in [5, 5.41) is 12.5. The first-order valence-electron chi connectivity index (χ1n) is 8.22. The zero-order valence-electron chi connectivity index (χ0n) is 13.9. The van der Waals surface area contributed by atoms with Crippen LogP contribution in [0.25, 0.3) is 0 Å². The Kier molecular flexibility index (Phi) is 5.50. The van der Waals surface area contributed by atoms with Gasteiger partial charge in [-0.3, -0.25) is 4.79 Å². The summed E-state index contributed by atoms with van der Waals surface area (Å²) in [6.07, 6.45) is 0.910. The molecule has 2 aromatic carbocycles. The molecule has 26 heavy (non-hydrogen) atoms. The summed E-state index contributed by atoms with van der Waals surface area (Å²) >= 11 is 5.81. The smallest absolute Gasteiger partial charge is 0.243 e. The number of carbonyl (C=O) groups is 1. The van der Waals surface area contributed by atoms with Gasteiger partial charge in [-0.25, -0.2) is 8.42 Å². The fraction of sp³-hybridized carbons (Fsp3) is 0.278. The maximum absolute atomic E-state index is 12.7. The van der Waals surface area contributed by atoms with Crippen LogP contribution in [0, 0.1) is 5.92 Å². The molecule has 1 saturated heterocycles. The number of benzene rings is 2. The zero-order chi connectivity index (χ0) is 18.7. The van der Waals surface area contributed by atoms with E-state index in [0.29, 0.717) is 36.6 Å².